The lowest BCUT2D eigenvalue weighted by Gasteiger charge is -1.95. The molecule has 0 bridgehead atoms. The van der Waals surface area contributed by atoms with Crippen molar-refractivity contribution in [1.29, 1.82) is 0 Å². The maximum absolute atomic E-state index is 9.28. The maximum atomic E-state index is 9.28. The van der Waals surface area contributed by atoms with Crippen LogP contribution in [0.2, 0.25) is 0 Å². The van der Waals surface area contributed by atoms with Crippen molar-refractivity contribution in [3.05, 3.63) is 29.7 Å². The first-order chi connectivity index (χ1) is 6.27. The van der Waals surface area contributed by atoms with Gasteiger partial charge in [0.05, 0.1) is 17.2 Å². The molecule has 0 radical (unpaired) electrons. The van der Waals surface area contributed by atoms with Gasteiger partial charge < -0.3 is 9.52 Å². The Bertz CT molecular complexity index is 378. The Kier molecular flexibility index (Phi) is 2.16. The third-order valence-corrected chi connectivity index (χ3v) is 2.92. The van der Waals surface area contributed by atoms with E-state index >= 15 is 0 Å². The van der Waals surface area contributed by atoms with E-state index in [-0.39, 0.29) is 0 Å². The van der Waals surface area contributed by atoms with Crippen LogP contribution in [0.1, 0.15) is 17.9 Å². The second-order valence-electron chi connectivity index (χ2n) is 2.76. The summed E-state index contributed by atoms with van der Waals surface area (Å²) in [5, 5.41) is 10.2. The Hall–Kier alpha value is -1.13. The minimum Gasteiger partial charge on any atom is -0.472 e. The van der Waals surface area contributed by atoms with Gasteiger partial charge in [0, 0.05) is 11.8 Å². The zero-order chi connectivity index (χ0) is 9.26. The Morgan fingerprint density at radius 1 is 1.62 bits per heavy atom. The summed E-state index contributed by atoms with van der Waals surface area (Å²) in [5.41, 5.74) is 0.955. The van der Waals surface area contributed by atoms with Crippen LogP contribution in [0.5, 0.6) is 0 Å². The Labute approximate surface area is 79.7 Å². The van der Waals surface area contributed by atoms with Crippen molar-refractivity contribution in [3.63, 3.8) is 0 Å². The van der Waals surface area contributed by atoms with Gasteiger partial charge in [-0.1, -0.05) is 0 Å². The van der Waals surface area contributed by atoms with Gasteiger partial charge in [-0.25, -0.2) is 4.98 Å². The van der Waals surface area contributed by atoms with Gasteiger partial charge in [0.15, 0.2) is 0 Å². The molecule has 2 rings (SSSR count). The molecule has 2 heterocycles. The van der Waals surface area contributed by atoms with Crippen LogP contribution in [0, 0.1) is 0 Å². The van der Waals surface area contributed by atoms with Crippen LogP contribution in [-0.2, 0) is 0 Å². The van der Waals surface area contributed by atoms with Crippen molar-refractivity contribution in [2.24, 2.45) is 0 Å². The standard InChI is InChI=1S/C9H9NO2S/c1-6(11)8-4-10-9(13-8)7-2-3-12-5-7/h2-6,11H,1H3. The van der Waals surface area contributed by atoms with Gasteiger partial charge in [-0.2, -0.15) is 0 Å². The summed E-state index contributed by atoms with van der Waals surface area (Å²) >= 11 is 1.48. The van der Waals surface area contributed by atoms with E-state index in [1.54, 1.807) is 25.6 Å². The molecule has 0 amide bonds. The van der Waals surface area contributed by atoms with Gasteiger partial charge in [-0.15, -0.1) is 11.3 Å². The van der Waals surface area contributed by atoms with Crippen LogP contribution in [0.4, 0.5) is 0 Å². The van der Waals surface area contributed by atoms with Crippen molar-refractivity contribution in [2.75, 3.05) is 0 Å². The molecule has 1 unspecified atom stereocenters. The van der Waals surface area contributed by atoms with Crippen LogP contribution in [0.15, 0.2) is 29.2 Å². The van der Waals surface area contributed by atoms with Crippen LogP contribution in [-0.4, -0.2) is 10.1 Å². The van der Waals surface area contributed by atoms with Crippen molar-refractivity contribution < 1.29 is 9.52 Å². The molecule has 68 valence electrons. The monoisotopic (exact) mass is 195 g/mol. The van der Waals surface area contributed by atoms with E-state index in [0.717, 1.165) is 15.4 Å². The molecule has 2 aromatic rings. The van der Waals surface area contributed by atoms with E-state index in [1.165, 1.54) is 11.3 Å². The number of hydrogen-bond donors (Lipinski definition) is 1. The number of nitrogens with zero attached hydrogens (tertiary/aromatic N) is 1. The molecule has 0 aromatic carbocycles. The van der Waals surface area contributed by atoms with Gasteiger partial charge in [-0.05, 0) is 13.0 Å². The first kappa shape index (κ1) is 8.47. The number of furan rings is 1. The summed E-state index contributed by atoms with van der Waals surface area (Å²) in [6.45, 7) is 1.73. The molecular weight excluding hydrogens is 186 g/mol. The highest BCUT2D eigenvalue weighted by Crippen LogP contribution is 2.28. The van der Waals surface area contributed by atoms with Crippen molar-refractivity contribution in [3.8, 4) is 10.6 Å². The molecule has 13 heavy (non-hydrogen) atoms. The van der Waals surface area contributed by atoms with E-state index in [4.69, 9.17) is 4.42 Å². The highest BCUT2D eigenvalue weighted by molar-refractivity contribution is 7.15. The fourth-order valence-corrected chi connectivity index (χ4v) is 1.84. The second-order valence-corrected chi connectivity index (χ2v) is 3.82. The minimum absolute atomic E-state index is 0.446. The van der Waals surface area contributed by atoms with Gasteiger partial charge in [0.1, 0.15) is 11.3 Å². The molecule has 0 aliphatic heterocycles. The number of thiazole rings is 1. The normalized spacial score (nSPS) is 13.1. The molecular formula is C9H9NO2S. The molecule has 4 heteroatoms. The first-order valence-corrected chi connectivity index (χ1v) is 4.75. The predicted octanol–water partition coefficient (Wildman–Crippen LogP) is 2.46. The molecule has 2 aromatic heterocycles. The average molecular weight is 195 g/mol. The van der Waals surface area contributed by atoms with Crippen molar-refractivity contribution in [2.45, 2.75) is 13.0 Å². The number of aromatic nitrogens is 1. The smallest absolute Gasteiger partial charge is 0.126 e. The van der Waals surface area contributed by atoms with E-state index < -0.39 is 6.10 Å². The fourth-order valence-electron chi connectivity index (χ4n) is 0.999. The minimum atomic E-state index is -0.446. The lowest BCUT2D eigenvalue weighted by atomic mass is 10.3. The fraction of sp³-hybridized carbons (Fsp3) is 0.222. The average Bonchev–Trinajstić information content (AvgIpc) is 2.75. The van der Waals surface area contributed by atoms with Crippen LogP contribution in [0.3, 0.4) is 0 Å². The molecule has 1 N–H and O–H groups in total. The Morgan fingerprint density at radius 2 is 2.46 bits per heavy atom. The molecule has 0 aliphatic rings. The maximum Gasteiger partial charge on any atom is 0.126 e. The van der Waals surface area contributed by atoms with Crippen LogP contribution < -0.4 is 0 Å². The lowest BCUT2D eigenvalue weighted by Crippen LogP contribution is -1.83. The zero-order valence-corrected chi connectivity index (χ0v) is 7.91. The van der Waals surface area contributed by atoms with Crippen molar-refractivity contribution >= 4 is 11.3 Å². The highest BCUT2D eigenvalue weighted by Gasteiger charge is 2.08. The van der Waals surface area contributed by atoms with E-state index in [1.807, 2.05) is 6.07 Å². The topological polar surface area (TPSA) is 46.3 Å². The van der Waals surface area contributed by atoms with Gasteiger partial charge >= 0.3 is 0 Å². The lowest BCUT2D eigenvalue weighted by molar-refractivity contribution is 0.203. The molecule has 0 saturated carbocycles. The van der Waals surface area contributed by atoms with E-state index in [2.05, 4.69) is 4.98 Å². The van der Waals surface area contributed by atoms with Gasteiger partial charge in [0.25, 0.3) is 0 Å². The summed E-state index contributed by atoms with van der Waals surface area (Å²) in [4.78, 5) is 5.05. The largest absolute Gasteiger partial charge is 0.472 e. The third kappa shape index (κ3) is 1.64. The molecule has 3 nitrogen and oxygen atoms in total. The van der Waals surface area contributed by atoms with Crippen LogP contribution >= 0.6 is 11.3 Å². The first-order valence-electron chi connectivity index (χ1n) is 3.94. The highest BCUT2D eigenvalue weighted by atomic mass is 32.1. The summed E-state index contributed by atoms with van der Waals surface area (Å²) in [6, 6.07) is 1.85. The number of aliphatic hydroxyl groups excluding tert-OH is 1. The Morgan fingerprint density at radius 3 is 3.00 bits per heavy atom. The van der Waals surface area contributed by atoms with Crippen molar-refractivity contribution in [1.82, 2.24) is 4.98 Å². The quantitative estimate of drug-likeness (QED) is 0.800. The van der Waals surface area contributed by atoms with Gasteiger partial charge in [-0.3, -0.25) is 0 Å². The molecule has 0 fully saturated rings. The number of rotatable bonds is 2. The van der Waals surface area contributed by atoms with E-state index in [9.17, 15) is 5.11 Å². The summed E-state index contributed by atoms with van der Waals surface area (Å²) < 4.78 is 4.94. The summed E-state index contributed by atoms with van der Waals surface area (Å²) in [5.74, 6) is 0. The Balaban J connectivity index is 2.33. The predicted molar refractivity (Wildman–Crippen MR) is 50.4 cm³/mol. The molecule has 0 spiro atoms. The molecule has 1 atom stereocenters. The van der Waals surface area contributed by atoms with Crippen LogP contribution in [0.25, 0.3) is 10.6 Å². The van der Waals surface area contributed by atoms with E-state index in [0.29, 0.717) is 0 Å². The van der Waals surface area contributed by atoms with Gasteiger partial charge in [0.2, 0.25) is 0 Å². The number of aliphatic hydroxyl groups is 1. The SMILES string of the molecule is CC(O)c1cnc(-c2ccoc2)s1. The summed E-state index contributed by atoms with van der Waals surface area (Å²) in [7, 11) is 0. The zero-order valence-electron chi connectivity index (χ0n) is 7.10. The number of hydrogen-bond acceptors (Lipinski definition) is 4. The second kappa shape index (κ2) is 3.32. The third-order valence-electron chi connectivity index (χ3n) is 1.70. The molecule has 0 saturated heterocycles. The molecule has 0 aliphatic carbocycles. The summed E-state index contributed by atoms with van der Waals surface area (Å²) in [6.07, 6.45) is 4.50.